The van der Waals surface area contributed by atoms with Crippen molar-refractivity contribution in [3.63, 3.8) is 0 Å². The molecule has 0 atom stereocenters. The van der Waals surface area contributed by atoms with Crippen LogP contribution in [0.5, 0.6) is 11.5 Å². The van der Waals surface area contributed by atoms with Gasteiger partial charge in [0.2, 0.25) is 5.88 Å². The number of aromatic hydroxyl groups is 1. The molecule has 0 unspecified atom stereocenters. The molecule has 0 aliphatic heterocycles. The Bertz CT molecular complexity index is 792. The number of ether oxygens (including phenoxy) is 1. The monoisotopic (exact) mass is 353 g/mol. The Kier molecular flexibility index (Phi) is 4.41. The van der Waals surface area contributed by atoms with Gasteiger partial charge in [-0.2, -0.15) is 13.2 Å². The van der Waals surface area contributed by atoms with Gasteiger partial charge in [-0.05, 0) is 18.9 Å². The Morgan fingerprint density at radius 3 is 2.68 bits per heavy atom. The van der Waals surface area contributed by atoms with Gasteiger partial charge >= 0.3 is 6.18 Å². The van der Waals surface area contributed by atoms with Crippen molar-refractivity contribution in [2.24, 2.45) is 0 Å². The number of nitrogens with one attached hydrogen (secondary N) is 1. The van der Waals surface area contributed by atoms with Crippen molar-refractivity contribution in [1.29, 1.82) is 0 Å². The Balaban J connectivity index is 2.19. The molecule has 1 heterocycles. The second-order valence-electron chi connectivity index (χ2n) is 5.87. The number of anilines is 1. The average Bonchev–Trinajstić information content (AvgIpc) is 3.31. The number of halogens is 3. The van der Waals surface area contributed by atoms with E-state index in [1.165, 1.54) is 19.2 Å². The maximum absolute atomic E-state index is 13.3. The molecular weight excluding hydrogens is 335 g/mol. The molecule has 7 heteroatoms. The molecule has 134 valence electrons. The topological polar surface area (TPSA) is 54.6 Å². The van der Waals surface area contributed by atoms with Crippen LogP contribution in [0.25, 0.3) is 11.1 Å². The molecule has 1 aliphatic carbocycles. The Hall–Kier alpha value is -2.57. The number of hydrogen-bond donors (Lipinski definition) is 2. The second-order valence-corrected chi connectivity index (χ2v) is 5.87. The SMILES string of the molecule is C=CCc1oc(NC2CC2)c(-c2cccc(C(F)(F)F)c2OC)c1O. The number of hydrogen-bond acceptors (Lipinski definition) is 4. The van der Waals surface area contributed by atoms with Crippen LogP contribution in [-0.2, 0) is 12.6 Å². The van der Waals surface area contributed by atoms with Crippen LogP contribution in [0, 0.1) is 0 Å². The summed E-state index contributed by atoms with van der Waals surface area (Å²) in [7, 11) is 1.17. The molecule has 0 bridgehead atoms. The minimum atomic E-state index is -4.57. The minimum absolute atomic E-state index is 0.122. The third kappa shape index (κ3) is 3.31. The smallest absolute Gasteiger partial charge is 0.419 e. The average molecular weight is 353 g/mol. The molecule has 1 aliphatic rings. The molecular formula is C18H18F3NO3. The largest absolute Gasteiger partial charge is 0.504 e. The Morgan fingerprint density at radius 2 is 2.12 bits per heavy atom. The summed E-state index contributed by atoms with van der Waals surface area (Å²) in [6.07, 6.45) is -0.886. The molecule has 25 heavy (non-hydrogen) atoms. The van der Waals surface area contributed by atoms with Crippen molar-refractivity contribution in [3.05, 3.63) is 42.2 Å². The predicted octanol–water partition coefficient (Wildman–Crippen LogP) is 4.98. The molecule has 0 amide bonds. The van der Waals surface area contributed by atoms with Crippen molar-refractivity contribution in [1.82, 2.24) is 0 Å². The fourth-order valence-corrected chi connectivity index (χ4v) is 2.68. The van der Waals surface area contributed by atoms with Gasteiger partial charge in [0.15, 0.2) is 11.5 Å². The minimum Gasteiger partial charge on any atom is -0.504 e. The van der Waals surface area contributed by atoms with Crippen LogP contribution < -0.4 is 10.1 Å². The fourth-order valence-electron chi connectivity index (χ4n) is 2.68. The number of allylic oxidation sites excluding steroid dienone is 1. The molecule has 2 aromatic rings. The lowest BCUT2D eigenvalue weighted by atomic mass is 10.0. The van der Waals surface area contributed by atoms with Crippen LogP contribution in [0.1, 0.15) is 24.2 Å². The van der Waals surface area contributed by atoms with E-state index in [0.717, 1.165) is 18.9 Å². The van der Waals surface area contributed by atoms with Gasteiger partial charge in [0, 0.05) is 18.0 Å². The van der Waals surface area contributed by atoms with Crippen LogP contribution in [-0.4, -0.2) is 18.3 Å². The third-order valence-electron chi connectivity index (χ3n) is 3.99. The number of methoxy groups -OCH3 is 1. The molecule has 2 N–H and O–H groups in total. The van der Waals surface area contributed by atoms with Gasteiger partial charge in [-0.15, -0.1) is 6.58 Å². The molecule has 4 nitrogen and oxygen atoms in total. The maximum Gasteiger partial charge on any atom is 0.419 e. The van der Waals surface area contributed by atoms with Gasteiger partial charge in [-0.25, -0.2) is 0 Å². The first kappa shape index (κ1) is 17.3. The highest BCUT2D eigenvalue weighted by Gasteiger charge is 2.37. The molecule has 0 saturated heterocycles. The quantitative estimate of drug-likeness (QED) is 0.719. The summed E-state index contributed by atoms with van der Waals surface area (Å²) in [4.78, 5) is 0. The zero-order valence-corrected chi connectivity index (χ0v) is 13.6. The van der Waals surface area contributed by atoms with Crippen LogP contribution in [0.15, 0.2) is 35.3 Å². The van der Waals surface area contributed by atoms with E-state index in [9.17, 15) is 18.3 Å². The number of para-hydroxylation sites is 1. The van der Waals surface area contributed by atoms with Gasteiger partial charge in [0.1, 0.15) is 5.75 Å². The van der Waals surface area contributed by atoms with Crippen LogP contribution in [0.3, 0.4) is 0 Å². The summed E-state index contributed by atoms with van der Waals surface area (Å²) < 4.78 is 50.5. The van der Waals surface area contributed by atoms with E-state index in [0.29, 0.717) is 0 Å². The lowest BCUT2D eigenvalue weighted by Gasteiger charge is -2.16. The summed E-state index contributed by atoms with van der Waals surface area (Å²) in [5, 5.41) is 13.6. The summed E-state index contributed by atoms with van der Waals surface area (Å²) in [5.74, 6) is -0.0714. The second kappa shape index (κ2) is 6.38. The van der Waals surface area contributed by atoms with Gasteiger partial charge in [-0.1, -0.05) is 18.2 Å². The molecule has 3 rings (SSSR count). The van der Waals surface area contributed by atoms with Gasteiger partial charge in [0.25, 0.3) is 0 Å². The van der Waals surface area contributed by atoms with Crippen molar-refractivity contribution >= 4 is 5.88 Å². The van der Waals surface area contributed by atoms with E-state index >= 15 is 0 Å². The Morgan fingerprint density at radius 1 is 1.40 bits per heavy atom. The van der Waals surface area contributed by atoms with E-state index in [4.69, 9.17) is 9.15 Å². The highest BCUT2D eigenvalue weighted by molar-refractivity contribution is 5.86. The lowest BCUT2D eigenvalue weighted by Crippen LogP contribution is -2.08. The van der Waals surface area contributed by atoms with Gasteiger partial charge < -0.3 is 19.6 Å². The van der Waals surface area contributed by atoms with Gasteiger partial charge in [-0.3, -0.25) is 0 Å². The number of alkyl halides is 3. The van der Waals surface area contributed by atoms with Crippen LogP contribution in [0.2, 0.25) is 0 Å². The summed E-state index contributed by atoms with van der Waals surface area (Å²) in [6.45, 7) is 3.60. The third-order valence-corrected chi connectivity index (χ3v) is 3.99. The van der Waals surface area contributed by atoms with E-state index in [1.54, 1.807) is 6.08 Å². The number of furan rings is 1. The molecule has 0 radical (unpaired) electrons. The summed E-state index contributed by atoms with van der Waals surface area (Å²) in [6, 6.07) is 3.88. The molecule has 1 fully saturated rings. The standard InChI is InChI=1S/C18H18F3NO3/c1-3-5-13-15(23)14(17(25-13)22-10-8-9-10)11-6-4-7-12(16(11)24-2)18(19,20)21/h3-4,6-7,10,22-23H,1,5,8-9H2,2H3. The zero-order valence-electron chi connectivity index (χ0n) is 13.6. The first-order valence-electron chi connectivity index (χ1n) is 7.83. The highest BCUT2D eigenvalue weighted by atomic mass is 19.4. The van der Waals surface area contributed by atoms with Crippen molar-refractivity contribution in [2.75, 3.05) is 12.4 Å². The number of benzene rings is 1. The van der Waals surface area contributed by atoms with E-state index in [-0.39, 0.29) is 46.7 Å². The fraction of sp³-hybridized carbons (Fsp3) is 0.333. The first-order chi connectivity index (χ1) is 11.9. The Labute approximate surface area is 142 Å². The zero-order chi connectivity index (χ0) is 18.2. The van der Waals surface area contributed by atoms with Crippen molar-refractivity contribution < 1.29 is 27.4 Å². The maximum atomic E-state index is 13.3. The number of rotatable bonds is 6. The molecule has 1 saturated carbocycles. The van der Waals surface area contributed by atoms with E-state index < -0.39 is 11.7 Å². The highest BCUT2D eigenvalue weighted by Crippen LogP contribution is 2.49. The molecule has 1 aromatic heterocycles. The first-order valence-corrected chi connectivity index (χ1v) is 7.83. The van der Waals surface area contributed by atoms with E-state index in [1.807, 2.05) is 0 Å². The molecule has 0 spiro atoms. The van der Waals surface area contributed by atoms with Crippen molar-refractivity contribution in [3.8, 4) is 22.6 Å². The van der Waals surface area contributed by atoms with Crippen molar-refractivity contribution in [2.45, 2.75) is 31.5 Å². The summed E-state index contributed by atoms with van der Waals surface area (Å²) >= 11 is 0. The van der Waals surface area contributed by atoms with Crippen LogP contribution in [0.4, 0.5) is 19.1 Å². The normalized spacial score (nSPS) is 14.4. The lowest BCUT2D eigenvalue weighted by molar-refractivity contribution is -0.138. The summed E-state index contributed by atoms with van der Waals surface area (Å²) in [5.41, 5.74) is -0.612. The van der Waals surface area contributed by atoms with Crippen LogP contribution >= 0.6 is 0 Å². The van der Waals surface area contributed by atoms with Gasteiger partial charge in [0.05, 0.1) is 18.2 Å². The molecule has 1 aromatic carbocycles. The predicted molar refractivity (Wildman–Crippen MR) is 87.9 cm³/mol. The van der Waals surface area contributed by atoms with E-state index in [2.05, 4.69) is 11.9 Å².